The Bertz CT molecular complexity index is 886. The number of thioether (sulfide) groups is 1. The molecule has 1 aromatic rings. The quantitative estimate of drug-likeness (QED) is 0.499. The number of hydrogen-bond acceptors (Lipinski definition) is 8. The van der Waals surface area contributed by atoms with Gasteiger partial charge in [0.25, 0.3) is 0 Å². The highest BCUT2D eigenvalue weighted by Crippen LogP contribution is 2.25. The lowest BCUT2D eigenvalue weighted by molar-refractivity contribution is 0.0239. The molecule has 1 fully saturated rings. The maximum atomic E-state index is 12.7. The molecule has 10 heteroatoms. The van der Waals surface area contributed by atoms with E-state index in [9.17, 15) is 14.4 Å². The fraction of sp³-hybridized carbons (Fsp3) is 0.619. The van der Waals surface area contributed by atoms with E-state index in [-0.39, 0.29) is 35.7 Å². The van der Waals surface area contributed by atoms with Crippen LogP contribution in [0.5, 0.6) is 0 Å². The first kappa shape index (κ1) is 24.6. The number of rotatable bonds is 5. The van der Waals surface area contributed by atoms with Crippen LogP contribution in [0.2, 0.25) is 0 Å². The largest absolute Gasteiger partial charge is 0.461 e. The average Bonchev–Trinajstić information content (AvgIpc) is 3.10. The topological polar surface area (TPSA) is 94.0 Å². The molecule has 31 heavy (non-hydrogen) atoms. The van der Waals surface area contributed by atoms with E-state index in [1.54, 1.807) is 29.6 Å². The summed E-state index contributed by atoms with van der Waals surface area (Å²) in [7, 11) is 0. The predicted molar refractivity (Wildman–Crippen MR) is 119 cm³/mol. The van der Waals surface area contributed by atoms with Crippen molar-refractivity contribution in [3.63, 3.8) is 0 Å². The SMILES string of the molecule is CC#CCn1c(N2CCN(C(=O)OC(C)(C)C)CC2)nc(C(=O)SC)c1C(=O)OCC. The molecule has 9 nitrogen and oxygen atoms in total. The van der Waals surface area contributed by atoms with Crippen molar-refractivity contribution in [2.75, 3.05) is 43.9 Å². The van der Waals surface area contributed by atoms with Gasteiger partial charge in [-0.05, 0) is 40.9 Å². The molecule has 170 valence electrons. The van der Waals surface area contributed by atoms with Crippen molar-refractivity contribution in [1.82, 2.24) is 14.5 Å². The predicted octanol–water partition coefficient (Wildman–Crippen LogP) is 2.64. The number of esters is 1. The van der Waals surface area contributed by atoms with Crippen molar-refractivity contribution in [3.8, 4) is 11.8 Å². The highest BCUT2D eigenvalue weighted by atomic mass is 32.2. The van der Waals surface area contributed by atoms with E-state index in [1.165, 1.54) is 0 Å². The Morgan fingerprint density at radius 1 is 1.16 bits per heavy atom. The average molecular weight is 451 g/mol. The van der Waals surface area contributed by atoms with Crippen LogP contribution in [0.3, 0.4) is 0 Å². The molecule has 1 aliphatic rings. The molecular weight excluding hydrogens is 420 g/mol. The molecule has 1 amide bonds. The maximum Gasteiger partial charge on any atom is 0.410 e. The van der Waals surface area contributed by atoms with Crippen molar-refractivity contribution in [3.05, 3.63) is 11.4 Å². The normalized spacial score (nSPS) is 14.0. The molecule has 2 rings (SSSR count). The highest BCUT2D eigenvalue weighted by Gasteiger charge is 2.32. The molecule has 1 aliphatic heterocycles. The van der Waals surface area contributed by atoms with E-state index in [0.29, 0.717) is 32.1 Å². The van der Waals surface area contributed by atoms with Gasteiger partial charge in [-0.3, -0.25) is 9.36 Å². The number of amides is 1. The molecule has 0 bridgehead atoms. The lowest BCUT2D eigenvalue weighted by atomic mass is 10.2. The van der Waals surface area contributed by atoms with E-state index in [4.69, 9.17) is 9.47 Å². The summed E-state index contributed by atoms with van der Waals surface area (Å²) in [6, 6.07) is 0. The molecule has 1 saturated heterocycles. The number of piperazine rings is 1. The first-order valence-electron chi connectivity index (χ1n) is 10.1. The summed E-state index contributed by atoms with van der Waals surface area (Å²) in [6.07, 6.45) is 1.28. The fourth-order valence-electron chi connectivity index (χ4n) is 3.05. The number of hydrogen-bond donors (Lipinski definition) is 0. The van der Waals surface area contributed by atoms with E-state index in [1.807, 2.05) is 25.7 Å². The smallest absolute Gasteiger partial charge is 0.410 e. The Hall–Kier alpha value is -2.67. The third kappa shape index (κ3) is 6.17. The molecule has 0 radical (unpaired) electrons. The Morgan fingerprint density at radius 2 is 1.81 bits per heavy atom. The van der Waals surface area contributed by atoms with Crippen LogP contribution in [0.1, 0.15) is 55.6 Å². The number of carbonyl (C=O) groups is 3. The van der Waals surface area contributed by atoms with E-state index in [0.717, 1.165) is 11.8 Å². The van der Waals surface area contributed by atoms with Crippen LogP contribution in [0.4, 0.5) is 10.7 Å². The zero-order valence-electron chi connectivity index (χ0n) is 19.0. The number of carbonyl (C=O) groups excluding carboxylic acids is 3. The third-order valence-corrected chi connectivity index (χ3v) is 4.99. The van der Waals surface area contributed by atoms with E-state index in [2.05, 4.69) is 16.8 Å². The van der Waals surface area contributed by atoms with Gasteiger partial charge in [0.2, 0.25) is 11.1 Å². The van der Waals surface area contributed by atoms with Gasteiger partial charge in [-0.25, -0.2) is 14.6 Å². The zero-order chi connectivity index (χ0) is 23.2. The number of aromatic nitrogens is 2. The second-order valence-electron chi connectivity index (χ2n) is 7.79. The third-order valence-electron chi connectivity index (χ3n) is 4.42. The second kappa shape index (κ2) is 10.6. The van der Waals surface area contributed by atoms with Gasteiger partial charge < -0.3 is 19.3 Å². The van der Waals surface area contributed by atoms with Crippen molar-refractivity contribution in [2.24, 2.45) is 0 Å². The Labute approximate surface area is 187 Å². The summed E-state index contributed by atoms with van der Waals surface area (Å²) in [5.41, 5.74) is -0.396. The van der Waals surface area contributed by atoms with Crippen LogP contribution in [0.25, 0.3) is 0 Å². The van der Waals surface area contributed by atoms with Crippen molar-refractivity contribution < 1.29 is 23.9 Å². The van der Waals surface area contributed by atoms with Crippen molar-refractivity contribution in [2.45, 2.75) is 46.8 Å². The second-order valence-corrected chi connectivity index (χ2v) is 8.57. The zero-order valence-corrected chi connectivity index (χ0v) is 19.8. The molecule has 0 aliphatic carbocycles. The van der Waals surface area contributed by atoms with Crippen LogP contribution < -0.4 is 4.90 Å². The standard InChI is InChI=1S/C21H30N4O5S/c1-7-9-10-25-16(17(26)29-8-2)15(18(27)31-6)22-19(25)23-11-13-24(14-12-23)20(28)30-21(3,4)5/h8,10-14H2,1-6H3. The molecule has 0 N–H and O–H groups in total. The summed E-state index contributed by atoms with van der Waals surface area (Å²) in [5.74, 6) is 5.61. The monoisotopic (exact) mass is 450 g/mol. The maximum absolute atomic E-state index is 12.7. The minimum Gasteiger partial charge on any atom is -0.461 e. The number of imidazole rings is 1. The van der Waals surface area contributed by atoms with Crippen molar-refractivity contribution >= 4 is 34.9 Å². The lowest BCUT2D eigenvalue weighted by Gasteiger charge is -2.36. The highest BCUT2D eigenvalue weighted by molar-refractivity contribution is 8.13. The molecule has 0 atom stereocenters. The fourth-order valence-corrected chi connectivity index (χ4v) is 3.39. The summed E-state index contributed by atoms with van der Waals surface area (Å²) in [5, 5.41) is -0.320. The van der Waals surface area contributed by atoms with E-state index < -0.39 is 11.6 Å². The number of anilines is 1. The minimum atomic E-state index is -0.607. The Kier molecular flexibility index (Phi) is 8.39. The minimum absolute atomic E-state index is 0.0634. The summed E-state index contributed by atoms with van der Waals surface area (Å²) in [4.78, 5) is 45.6. The summed E-state index contributed by atoms with van der Waals surface area (Å²) >= 11 is 0.983. The van der Waals surface area contributed by atoms with Gasteiger partial charge in [0.05, 0.1) is 13.2 Å². The van der Waals surface area contributed by atoms with Gasteiger partial charge in [-0.15, -0.1) is 5.92 Å². The first-order chi connectivity index (χ1) is 14.6. The van der Waals surface area contributed by atoms with Crippen LogP contribution >= 0.6 is 11.8 Å². The van der Waals surface area contributed by atoms with Crippen molar-refractivity contribution in [1.29, 1.82) is 0 Å². The van der Waals surface area contributed by atoms with Gasteiger partial charge in [0.15, 0.2) is 11.4 Å². The molecule has 2 heterocycles. The molecule has 0 aromatic carbocycles. The Morgan fingerprint density at radius 3 is 2.32 bits per heavy atom. The van der Waals surface area contributed by atoms with Gasteiger partial charge in [-0.2, -0.15) is 0 Å². The first-order valence-corrected chi connectivity index (χ1v) is 11.3. The van der Waals surface area contributed by atoms with Crippen LogP contribution in [0, 0.1) is 11.8 Å². The van der Waals surface area contributed by atoms with E-state index >= 15 is 0 Å². The molecular formula is C21H30N4O5S. The molecule has 1 aromatic heterocycles. The van der Waals surface area contributed by atoms with Crippen LogP contribution in [-0.2, 0) is 16.0 Å². The summed E-state index contributed by atoms with van der Waals surface area (Å²) < 4.78 is 12.3. The Balaban J connectivity index is 2.35. The molecule has 0 saturated carbocycles. The van der Waals surface area contributed by atoms with Gasteiger partial charge >= 0.3 is 12.1 Å². The van der Waals surface area contributed by atoms with Gasteiger partial charge in [-0.1, -0.05) is 17.7 Å². The van der Waals surface area contributed by atoms with Crippen LogP contribution in [0.15, 0.2) is 0 Å². The molecule has 0 spiro atoms. The summed E-state index contributed by atoms with van der Waals surface area (Å²) in [6.45, 7) is 11.1. The molecule has 0 unspecified atom stereocenters. The van der Waals surface area contributed by atoms with Crippen LogP contribution in [-0.4, -0.2) is 76.3 Å². The number of nitrogens with zero attached hydrogens (tertiary/aromatic N) is 4. The lowest BCUT2D eigenvalue weighted by Crippen LogP contribution is -2.50. The number of ether oxygens (including phenoxy) is 2. The van der Waals surface area contributed by atoms with Gasteiger partial charge in [0.1, 0.15) is 5.60 Å². The van der Waals surface area contributed by atoms with Gasteiger partial charge in [0, 0.05) is 26.2 Å².